The number of hydrogen-bond acceptors (Lipinski definition) is 2. The molecular weight excluding hydrogens is 238 g/mol. The van der Waals surface area contributed by atoms with E-state index in [0.29, 0.717) is 19.4 Å². The summed E-state index contributed by atoms with van der Waals surface area (Å²) in [5.74, 6) is -1.43. The Bertz CT molecular complexity index is 410. The molecule has 100 valence electrons. The molecule has 0 saturated heterocycles. The number of rotatable bonds is 6. The van der Waals surface area contributed by atoms with Crippen molar-refractivity contribution in [2.24, 2.45) is 5.73 Å². The van der Waals surface area contributed by atoms with E-state index in [0.717, 1.165) is 12.5 Å². The summed E-state index contributed by atoms with van der Waals surface area (Å²) in [5, 5.41) is 2.67. The molecule has 0 aliphatic heterocycles. The van der Waals surface area contributed by atoms with Crippen molar-refractivity contribution in [2.75, 3.05) is 6.54 Å². The Morgan fingerprint density at radius 1 is 1.39 bits per heavy atom. The van der Waals surface area contributed by atoms with Gasteiger partial charge in [-0.05, 0) is 32.4 Å². The van der Waals surface area contributed by atoms with Gasteiger partial charge in [0.25, 0.3) is 0 Å². The van der Waals surface area contributed by atoms with Crippen LogP contribution in [0.15, 0.2) is 18.2 Å². The second kappa shape index (κ2) is 7.06. The first-order valence-electron chi connectivity index (χ1n) is 5.99. The molecule has 0 bridgehead atoms. The summed E-state index contributed by atoms with van der Waals surface area (Å²) in [4.78, 5) is 11.5. The van der Waals surface area contributed by atoms with E-state index in [2.05, 4.69) is 5.32 Å². The largest absolute Gasteiger partial charge is 0.349 e. The van der Waals surface area contributed by atoms with Gasteiger partial charge >= 0.3 is 0 Å². The standard InChI is InChI=1S/C13H18F2N2O/c1-9(17-13(18)4-2-3-7-16)11-6-5-10(14)8-12(11)15/h5-6,8-9H,2-4,7,16H2,1H3,(H,17,18). The predicted molar refractivity (Wildman–Crippen MR) is 65.8 cm³/mol. The number of halogens is 2. The van der Waals surface area contributed by atoms with Crippen molar-refractivity contribution >= 4 is 5.91 Å². The van der Waals surface area contributed by atoms with Crippen LogP contribution in [0, 0.1) is 11.6 Å². The van der Waals surface area contributed by atoms with Crippen LogP contribution in [0.2, 0.25) is 0 Å². The summed E-state index contributed by atoms with van der Waals surface area (Å²) in [6.07, 6.45) is 1.86. The van der Waals surface area contributed by atoms with Crippen LogP contribution in [-0.4, -0.2) is 12.5 Å². The number of nitrogens with two attached hydrogens (primary N) is 1. The Balaban J connectivity index is 2.54. The lowest BCUT2D eigenvalue weighted by molar-refractivity contribution is -0.121. The van der Waals surface area contributed by atoms with E-state index in [1.807, 2.05) is 0 Å². The first kappa shape index (κ1) is 14.6. The summed E-state index contributed by atoms with van der Waals surface area (Å²) in [6, 6.07) is 2.85. The summed E-state index contributed by atoms with van der Waals surface area (Å²) in [6.45, 7) is 2.21. The fourth-order valence-electron chi connectivity index (χ4n) is 1.67. The average Bonchev–Trinajstić information content (AvgIpc) is 2.28. The van der Waals surface area contributed by atoms with Gasteiger partial charge in [0.05, 0.1) is 6.04 Å². The average molecular weight is 256 g/mol. The van der Waals surface area contributed by atoms with Gasteiger partial charge in [-0.15, -0.1) is 0 Å². The van der Waals surface area contributed by atoms with Gasteiger partial charge in [-0.3, -0.25) is 4.79 Å². The molecule has 1 rings (SSSR count). The highest BCUT2D eigenvalue weighted by Gasteiger charge is 2.13. The third kappa shape index (κ3) is 4.41. The molecule has 0 saturated carbocycles. The molecule has 1 aromatic carbocycles. The quantitative estimate of drug-likeness (QED) is 0.767. The summed E-state index contributed by atoms with van der Waals surface area (Å²) < 4.78 is 26.2. The van der Waals surface area contributed by atoms with Crippen molar-refractivity contribution in [3.05, 3.63) is 35.4 Å². The summed E-state index contributed by atoms with van der Waals surface area (Å²) >= 11 is 0. The lowest BCUT2D eigenvalue weighted by Gasteiger charge is -2.15. The highest BCUT2D eigenvalue weighted by Crippen LogP contribution is 2.17. The molecule has 5 heteroatoms. The van der Waals surface area contributed by atoms with Crippen LogP contribution < -0.4 is 11.1 Å². The Hall–Kier alpha value is -1.49. The molecule has 0 heterocycles. The Labute approximate surface area is 105 Å². The van der Waals surface area contributed by atoms with E-state index in [9.17, 15) is 13.6 Å². The minimum atomic E-state index is -0.648. The van der Waals surface area contributed by atoms with Gasteiger partial charge in [-0.25, -0.2) is 8.78 Å². The molecular formula is C13H18F2N2O. The van der Waals surface area contributed by atoms with Crippen LogP contribution >= 0.6 is 0 Å². The first-order chi connectivity index (χ1) is 8.54. The van der Waals surface area contributed by atoms with Gasteiger partial charge in [-0.2, -0.15) is 0 Å². The Morgan fingerprint density at radius 3 is 2.72 bits per heavy atom. The van der Waals surface area contributed by atoms with E-state index >= 15 is 0 Å². The van der Waals surface area contributed by atoms with Crippen LogP contribution in [0.25, 0.3) is 0 Å². The number of nitrogens with one attached hydrogen (secondary N) is 1. The zero-order chi connectivity index (χ0) is 13.5. The van der Waals surface area contributed by atoms with Crippen LogP contribution in [0.4, 0.5) is 8.78 Å². The van der Waals surface area contributed by atoms with Gasteiger partial charge in [0.15, 0.2) is 0 Å². The highest BCUT2D eigenvalue weighted by molar-refractivity contribution is 5.76. The van der Waals surface area contributed by atoms with E-state index in [-0.39, 0.29) is 11.5 Å². The summed E-state index contributed by atoms with van der Waals surface area (Å²) in [7, 11) is 0. The molecule has 3 nitrogen and oxygen atoms in total. The number of carbonyl (C=O) groups excluding carboxylic acids is 1. The second-order valence-electron chi connectivity index (χ2n) is 4.20. The smallest absolute Gasteiger partial charge is 0.220 e. The fourth-order valence-corrected chi connectivity index (χ4v) is 1.67. The lowest BCUT2D eigenvalue weighted by atomic mass is 10.1. The predicted octanol–water partition coefficient (Wildman–Crippen LogP) is 2.27. The van der Waals surface area contributed by atoms with Crippen molar-refractivity contribution in [1.29, 1.82) is 0 Å². The third-order valence-electron chi connectivity index (χ3n) is 2.66. The van der Waals surface area contributed by atoms with E-state index in [4.69, 9.17) is 5.73 Å². The maximum absolute atomic E-state index is 13.5. The number of benzene rings is 1. The number of hydrogen-bond donors (Lipinski definition) is 2. The van der Waals surface area contributed by atoms with Gasteiger partial charge in [0.2, 0.25) is 5.91 Å². The van der Waals surface area contributed by atoms with Gasteiger partial charge < -0.3 is 11.1 Å². The highest BCUT2D eigenvalue weighted by atomic mass is 19.1. The molecule has 18 heavy (non-hydrogen) atoms. The van der Waals surface area contributed by atoms with E-state index < -0.39 is 17.7 Å². The molecule has 3 N–H and O–H groups in total. The number of unbranched alkanes of at least 4 members (excludes halogenated alkanes) is 1. The molecule has 0 aliphatic carbocycles. The first-order valence-corrected chi connectivity index (χ1v) is 5.99. The molecule has 0 spiro atoms. The molecule has 0 aliphatic rings. The van der Waals surface area contributed by atoms with E-state index in [1.165, 1.54) is 12.1 Å². The van der Waals surface area contributed by atoms with Crippen LogP contribution in [0.5, 0.6) is 0 Å². The van der Waals surface area contributed by atoms with Crippen LogP contribution in [0.1, 0.15) is 37.8 Å². The van der Waals surface area contributed by atoms with Crippen molar-refractivity contribution in [2.45, 2.75) is 32.2 Å². The molecule has 0 aromatic heterocycles. The second-order valence-corrected chi connectivity index (χ2v) is 4.20. The topological polar surface area (TPSA) is 55.1 Å². The van der Waals surface area contributed by atoms with E-state index in [1.54, 1.807) is 6.92 Å². The maximum Gasteiger partial charge on any atom is 0.220 e. The van der Waals surface area contributed by atoms with Crippen molar-refractivity contribution in [1.82, 2.24) is 5.32 Å². The summed E-state index contributed by atoms with van der Waals surface area (Å²) in [5.41, 5.74) is 5.61. The minimum Gasteiger partial charge on any atom is -0.349 e. The van der Waals surface area contributed by atoms with Crippen LogP contribution in [0.3, 0.4) is 0 Å². The molecule has 0 radical (unpaired) electrons. The molecule has 1 atom stereocenters. The van der Waals surface area contributed by atoms with Gasteiger partial charge in [0, 0.05) is 18.1 Å². The lowest BCUT2D eigenvalue weighted by Crippen LogP contribution is -2.27. The monoisotopic (exact) mass is 256 g/mol. The molecule has 0 fully saturated rings. The zero-order valence-electron chi connectivity index (χ0n) is 10.4. The van der Waals surface area contributed by atoms with Crippen molar-refractivity contribution in [3.63, 3.8) is 0 Å². The fraction of sp³-hybridized carbons (Fsp3) is 0.462. The number of amides is 1. The maximum atomic E-state index is 13.5. The van der Waals surface area contributed by atoms with Crippen LogP contribution in [-0.2, 0) is 4.79 Å². The number of carbonyl (C=O) groups is 1. The van der Waals surface area contributed by atoms with Crippen molar-refractivity contribution < 1.29 is 13.6 Å². The molecule has 1 unspecified atom stereocenters. The SMILES string of the molecule is CC(NC(=O)CCCCN)c1ccc(F)cc1F. The Morgan fingerprint density at radius 2 is 2.11 bits per heavy atom. The Kier molecular flexibility index (Phi) is 5.71. The molecule has 1 aromatic rings. The van der Waals surface area contributed by atoms with Crippen molar-refractivity contribution in [3.8, 4) is 0 Å². The third-order valence-corrected chi connectivity index (χ3v) is 2.66. The van der Waals surface area contributed by atoms with Gasteiger partial charge in [0.1, 0.15) is 11.6 Å². The van der Waals surface area contributed by atoms with Gasteiger partial charge in [-0.1, -0.05) is 6.07 Å². The zero-order valence-corrected chi connectivity index (χ0v) is 10.4. The minimum absolute atomic E-state index is 0.153. The molecule has 1 amide bonds. The normalized spacial score (nSPS) is 12.2.